The molecule has 0 aliphatic carbocycles. The summed E-state index contributed by atoms with van der Waals surface area (Å²) in [5.41, 5.74) is 0.677. The number of hydrogen-bond donors (Lipinski definition) is 2. The summed E-state index contributed by atoms with van der Waals surface area (Å²) in [5, 5.41) is 9.80. The molecule has 0 amide bonds. The number of sulfonamides is 1. The Labute approximate surface area is 125 Å². The summed E-state index contributed by atoms with van der Waals surface area (Å²) < 4.78 is 26.6. The van der Waals surface area contributed by atoms with Gasteiger partial charge in [0.05, 0.1) is 6.20 Å². The lowest BCUT2D eigenvalue weighted by Crippen LogP contribution is -2.36. The highest BCUT2D eigenvalue weighted by Crippen LogP contribution is 2.20. The van der Waals surface area contributed by atoms with Gasteiger partial charge in [-0.2, -0.15) is 21.2 Å². The lowest BCUT2D eigenvalue weighted by molar-refractivity contribution is 0.380. The average molecular weight is 320 g/mol. The Kier molecular flexibility index (Phi) is 7.01. The zero-order valence-electron chi connectivity index (χ0n) is 12.5. The Balaban J connectivity index is 2.89. The Hall–Kier alpha value is -0.570. The Morgan fingerprint density at radius 1 is 1.55 bits per heavy atom. The highest BCUT2D eigenvalue weighted by molar-refractivity contribution is 7.98. The van der Waals surface area contributed by atoms with E-state index in [0.29, 0.717) is 12.1 Å². The monoisotopic (exact) mass is 320 g/mol. The van der Waals surface area contributed by atoms with E-state index in [1.165, 1.54) is 4.31 Å². The van der Waals surface area contributed by atoms with E-state index in [1.807, 2.05) is 20.1 Å². The highest BCUT2D eigenvalue weighted by Gasteiger charge is 2.28. The third-order valence-electron chi connectivity index (χ3n) is 3.24. The van der Waals surface area contributed by atoms with Crippen LogP contribution in [-0.4, -0.2) is 54.6 Å². The van der Waals surface area contributed by atoms with Crippen molar-refractivity contribution >= 4 is 21.8 Å². The van der Waals surface area contributed by atoms with Crippen LogP contribution in [0.5, 0.6) is 0 Å². The number of rotatable bonds is 9. The molecule has 6 nitrogen and oxygen atoms in total. The Bertz CT molecular complexity index is 501. The zero-order valence-corrected chi connectivity index (χ0v) is 14.1. The summed E-state index contributed by atoms with van der Waals surface area (Å²) in [7, 11) is -1.90. The maximum Gasteiger partial charge on any atom is 0.260 e. The molecule has 0 saturated heterocycles. The number of aromatic amines is 1. The minimum Gasteiger partial charge on any atom is -0.313 e. The molecule has 1 rings (SSSR count). The molecule has 0 aliphatic heterocycles. The van der Waals surface area contributed by atoms with Gasteiger partial charge in [0, 0.05) is 25.2 Å². The van der Waals surface area contributed by atoms with Crippen LogP contribution in [0.4, 0.5) is 0 Å². The maximum atomic E-state index is 12.6. The highest BCUT2D eigenvalue weighted by atomic mass is 32.2. The predicted octanol–water partition coefficient (Wildman–Crippen LogP) is 1.28. The van der Waals surface area contributed by atoms with Gasteiger partial charge in [-0.1, -0.05) is 6.92 Å². The number of nitrogens with one attached hydrogen (secondary N) is 2. The van der Waals surface area contributed by atoms with Gasteiger partial charge in [0.2, 0.25) is 0 Å². The van der Waals surface area contributed by atoms with Crippen molar-refractivity contribution in [3.05, 3.63) is 11.8 Å². The standard InChI is InChI=1S/C12H24N4O2S2/c1-5-13-8-11-9-14-15-12(11)20(17,18)16(3)10(2)6-7-19-4/h9-10,13H,5-8H2,1-4H3,(H,14,15). The summed E-state index contributed by atoms with van der Waals surface area (Å²) >= 11 is 1.72. The van der Waals surface area contributed by atoms with Crippen LogP contribution in [0.25, 0.3) is 0 Å². The van der Waals surface area contributed by atoms with Crippen molar-refractivity contribution < 1.29 is 8.42 Å². The molecule has 1 heterocycles. The molecule has 0 radical (unpaired) electrons. The van der Waals surface area contributed by atoms with Crippen molar-refractivity contribution in [2.24, 2.45) is 0 Å². The third kappa shape index (κ3) is 4.21. The summed E-state index contributed by atoms with van der Waals surface area (Å²) in [4.78, 5) is 0. The molecule has 116 valence electrons. The molecular weight excluding hydrogens is 296 g/mol. The molecule has 0 spiro atoms. The second-order valence-electron chi connectivity index (χ2n) is 4.66. The first-order valence-corrected chi connectivity index (χ1v) is 9.48. The first-order chi connectivity index (χ1) is 9.45. The number of hydrogen-bond acceptors (Lipinski definition) is 5. The molecule has 0 aliphatic rings. The van der Waals surface area contributed by atoms with E-state index < -0.39 is 10.0 Å². The summed E-state index contributed by atoms with van der Waals surface area (Å²) in [5.74, 6) is 0.939. The molecule has 20 heavy (non-hydrogen) atoms. The van der Waals surface area contributed by atoms with Crippen LogP contribution in [0.2, 0.25) is 0 Å². The van der Waals surface area contributed by atoms with Crippen LogP contribution in [-0.2, 0) is 16.6 Å². The van der Waals surface area contributed by atoms with Gasteiger partial charge < -0.3 is 5.32 Å². The van der Waals surface area contributed by atoms with Gasteiger partial charge in [0.1, 0.15) is 0 Å². The first-order valence-electron chi connectivity index (χ1n) is 6.65. The van der Waals surface area contributed by atoms with Gasteiger partial charge in [-0.3, -0.25) is 5.10 Å². The second kappa shape index (κ2) is 8.02. The van der Waals surface area contributed by atoms with Crippen molar-refractivity contribution in [2.75, 3.05) is 25.6 Å². The number of nitrogens with zero attached hydrogens (tertiary/aromatic N) is 2. The SMILES string of the molecule is CCNCc1cn[nH]c1S(=O)(=O)N(C)C(C)CCSC. The largest absolute Gasteiger partial charge is 0.313 e. The van der Waals surface area contributed by atoms with Gasteiger partial charge in [-0.05, 0) is 31.9 Å². The van der Waals surface area contributed by atoms with Crippen LogP contribution in [0.1, 0.15) is 25.8 Å². The molecule has 1 unspecified atom stereocenters. The van der Waals surface area contributed by atoms with Gasteiger partial charge in [-0.15, -0.1) is 0 Å². The molecule has 1 aromatic heterocycles. The summed E-state index contributed by atoms with van der Waals surface area (Å²) in [6.45, 7) is 5.18. The fourth-order valence-electron chi connectivity index (χ4n) is 1.76. The van der Waals surface area contributed by atoms with E-state index in [1.54, 1.807) is 25.0 Å². The molecule has 0 saturated carbocycles. The zero-order chi connectivity index (χ0) is 15.2. The van der Waals surface area contributed by atoms with E-state index in [4.69, 9.17) is 0 Å². The van der Waals surface area contributed by atoms with Gasteiger partial charge in [0.25, 0.3) is 10.0 Å². The van der Waals surface area contributed by atoms with Crippen molar-refractivity contribution in [2.45, 2.75) is 37.9 Å². The summed E-state index contributed by atoms with van der Waals surface area (Å²) in [6, 6.07) is -0.0391. The Morgan fingerprint density at radius 2 is 2.25 bits per heavy atom. The quantitative estimate of drug-likeness (QED) is 0.717. The predicted molar refractivity (Wildman–Crippen MR) is 83.4 cm³/mol. The van der Waals surface area contributed by atoms with Crippen molar-refractivity contribution in [3.8, 4) is 0 Å². The Morgan fingerprint density at radius 3 is 2.85 bits per heavy atom. The van der Waals surface area contributed by atoms with Gasteiger partial charge in [0.15, 0.2) is 5.03 Å². The lowest BCUT2D eigenvalue weighted by atomic mass is 10.3. The van der Waals surface area contributed by atoms with Crippen molar-refractivity contribution in [1.29, 1.82) is 0 Å². The van der Waals surface area contributed by atoms with Gasteiger partial charge >= 0.3 is 0 Å². The molecule has 0 bridgehead atoms. The smallest absolute Gasteiger partial charge is 0.260 e. The van der Waals surface area contributed by atoms with Crippen LogP contribution in [0, 0.1) is 0 Å². The number of thioether (sulfide) groups is 1. The van der Waals surface area contributed by atoms with Crippen LogP contribution >= 0.6 is 11.8 Å². The van der Waals surface area contributed by atoms with Crippen molar-refractivity contribution in [1.82, 2.24) is 19.8 Å². The van der Waals surface area contributed by atoms with Crippen molar-refractivity contribution in [3.63, 3.8) is 0 Å². The number of H-pyrrole nitrogens is 1. The first kappa shape index (κ1) is 17.5. The minimum absolute atomic E-state index is 0.0391. The molecule has 1 aromatic rings. The molecule has 0 fully saturated rings. The van der Waals surface area contributed by atoms with Crippen LogP contribution in [0.3, 0.4) is 0 Å². The molecule has 2 N–H and O–H groups in total. The van der Waals surface area contributed by atoms with E-state index in [9.17, 15) is 8.42 Å². The topological polar surface area (TPSA) is 78.1 Å². The lowest BCUT2D eigenvalue weighted by Gasteiger charge is -2.23. The van der Waals surface area contributed by atoms with E-state index in [-0.39, 0.29) is 11.1 Å². The molecular formula is C12H24N4O2S2. The molecule has 8 heteroatoms. The third-order valence-corrected chi connectivity index (χ3v) is 5.87. The van der Waals surface area contributed by atoms with E-state index >= 15 is 0 Å². The maximum absolute atomic E-state index is 12.6. The number of aromatic nitrogens is 2. The fourth-order valence-corrected chi connectivity index (χ4v) is 3.83. The normalized spacial score (nSPS) is 13.8. The molecule has 0 aromatic carbocycles. The fraction of sp³-hybridized carbons (Fsp3) is 0.750. The summed E-state index contributed by atoms with van der Waals surface area (Å²) in [6.07, 6.45) is 4.41. The van der Waals surface area contributed by atoms with E-state index in [2.05, 4.69) is 15.5 Å². The average Bonchev–Trinajstić information content (AvgIpc) is 2.90. The van der Waals surface area contributed by atoms with E-state index in [0.717, 1.165) is 18.7 Å². The second-order valence-corrected chi connectivity index (χ2v) is 7.58. The van der Waals surface area contributed by atoms with Gasteiger partial charge in [-0.25, -0.2) is 8.42 Å². The van der Waals surface area contributed by atoms with Crippen LogP contribution < -0.4 is 5.32 Å². The van der Waals surface area contributed by atoms with Crippen LogP contribution in [0.15, 0.2) is 11.2 Å². The minimum atomic E-state index is -3.52. The molecule has 1 atom stereocenters.